The highest BCUT2D eigenvalue weighted by Gasteiger charge is 2.38. The lowest BCUT2D eigenvalue weighted by Gasteiger charge is -2.28. The molecule has 0 radical (unpaired) electrons. The second-order valence-electron chi connectivity index (χ2n) is 6.59. The van der Waals surface area contributed by atoms with E-state index < -0.39 is 12.0 Å². The maximum atomic E-state index is 13.6. The van der Waals surface area contributed by atoms with Gasteiger partial charge in [0.1, 0.15) is 17.5 Å². The molecule has 2 aromatic carbocycles. The Morgan fingerprint density at radius 1 is 1.13 bits per heavy atom. The molecule has 1 aliphatic rings. The molecule has 158 valence electrons. The second kappa shape index (κ2) is 8.57. The lowest BCUT2D eigenvalue weighted by Crippen LogP contribution is -2.32. The molecule has 0 unspecified atom stereocenters. The van der Waals surface area contributed by atoms with E-state index >= 15 is 0 Å². The Hall–Kier alpha value is -3.72. The molecule has 0 saturated heterocycles. The van der Waals surface area contributed by atoms with E-state index in [4.69, 9.17) is 21.1 Å². The van der Waals surface area contributed by atoms with Crippen LogP contribution in [0.3, 0.4) is 0 Å². The summed E-state index contributed by atoms with van der Waals surface area (Å²) in [7, 11) is 1.24. The summed E-state index contributed by atoms with van der Waals surface area (Å²) >= 11 is 6.04. The molecule has 1 atom stereocenters. The summed E-state index contributed by atoms with van der Waals surface area (Å²) in [5.41, 5.74) is 1.18. The number of Topliss-reactive ketones (excluding diaryl/α,β-unsaturated/α-hetero) is 1. The number of ketones is 1. The van der Waals surface area contributed by atoms with E-state index in [2.05, 4.69) is 20.8 Å². The Bertz CT molecular complexity index is 1160. The highest BCUT2D eigenvalue weighted by atomic mass is 35.5. The first-order valence-electron chi connectivity index (χ1n) is 9.44. The molecule has 1 N–H and O–H groups in total. The van der Waals surface area contributed by atoms with Crippen LogP contribution < -0.4 is 10.1 Å². The number of fused-ring (bicyclic) bond motifs is 1. The van der Waals surface area contributed by atoms with Crippen LogP contribution in [0.25, 0.3) is 0 Å². The standard InChI is InChI=1S/C21H18ClN5O4/c1-3-31-15-10-6-13(7-11-15)19(28)16-17(20(29)30-2)23-21-24-25-26-27(21)18(16)12-4-8-14(22)9-5-12/h4-11,18H,3H2,1-2H3,(H,23,24,26)/t18-/m0/s1. The number of tetrazole rings is 1. The minimum atomic E-state index is -0.767. The molecule has 3 aromatic rings. The van der Waals surface area contributed by atoms with Crippen molar-refractivity contribution in [2.45, 2.75) is 13.0 Å². The van der Waals surface area contributed by atoms with Crippen molar-refractivity contribution in [3.63, 3.8) is 0 Å². The van der Waals surface area contributed by atoms with Gasteiger partial charge in [0.25, 0.3) is 0 Å². The molecule has 4 rings (SSSR count). The van der Waals surface area contributed by atoms with Crippen LogP contribution in [0.5, 0.6) is 5.75 Å². The average Bonchev–Trinajstić information content (AvgIpc) is 3.26. The Morgan fingerprint density at radius 2 is 1.84 bits per heavy atom. The number of halogens is 1. The van der Waals surface area contributed by atoms with Gasteiger partial charge >= 0.3 is 5.97 Å². The SMILES string of the molecule is CCOc1ccc(C(=O)C2=C(C(=O)OC)Nc3nnnn3[C@H]2c2ccc(Cl)cc2)cc1. The normalized spacial score (nSPS) is 15.1. The van der Waals surface area contributed by atoms with Gasteiger partial charge in [0.2, 0.25) is 5.95 Å². The predicted molar refractivity (Wildman–Crippen MR) is 112 cm³/mol. The van der Waals surface area contributed by atoms with Crippen LogP contribution >= 0.6 is 11.6 Å². The van der Waals surface area contributed by atoms with Gasteiger partial charge in [0.15, 0.2) is 5.78 Å². The number of anilines is 1. The molecule has 31 heavy (non-hydrogen) atoms. The number of nitrogens with zero attached hydrogens (tertiary/aromatic N) is 4. The minimum Gasteiger partial charge on any atom is -0.494 e. The molecule has 0 saturated carbocycles. The summed E-state index contributed by atoms with van der Waals surface area (Å²) in [5.74, 6) is -0.233. The summed E-state index contributed by atoms with van der Waals surface area (Å²) < 4.78 is 11.8. The summed E-state index contributed by atoms with van der Waals surface area (Å²) in [5, 5.41) is 15.0. The molecule has 10 heteroatoms. The maximum absolute atomic E-state index is 13.6. The summed E-state index contributed by atoms with van der Waals surface area (Å²) in [6, 6.07) is 12.8. The fourth-order valence-corrected chi connectivity index (χ4v) is 3.49. The third-order valence-corrected chi connectivity index (χ3v) is 5.02. The predicted octanol–water partition coefficient (Wildman–Crippen LogP) is 3.05. The van der Waals surface area contributed by atoms with E-state index in [1.165, 1.54) is 11.8 Å². The Morgan fingerprint density at radius 3 is 2.48 bits per heavy atom. The fraction of sp³-hybridized carbons (Fsp3) is 0.190. The van der Waals surface area contributed by atoms with Gasteiger partial charge in [-0.25, -0.2) is 4.79 Å². The topological polar surface area (TPSA) is 108 Å². The molecule has 1 aromatic heterocycles. The zero-order chi connectivity index (χ0) is 22.0. The molecule has 0 bridgehead atoms. The first-order valence-corrected chi connectivity index (χ1v) is 9.81. The van der Waals surface area contributed by atoms with Gasteiger partial charge in [-0.15, -0.1) is 0 Å². The van der Waals surface area contributed by atoms with Crippen molar-refractivity contribution >= 4 is 29.3 Å². The number of carbonyl (C=O) groups excluding carboxylic acids is 2. The van der Waals surface area contributed by atoms with Crippen LogP contribution in [0.2, 0.25) is 5.02 Å². The number of hydrogen-bond donors (Lipinski definition) is 1. The van der Waals surface area contributed by atoms with Gasteiger partial charge in [0.05, 0.1) is 19.3 Å². The zero-order valence-electron chi connectivity index (χ0n) is 16.7. The average molecular weight is 440 g/mol. The van der Waals surface area contributed by atoms with Crippen molar-refractivity contribution < 1.29 is 19.1 Å². The Balaban J connectivity index is 1.87. The number of nitrogens with one attached hydrogen (secondary N) is 1. The van der Waals surface area contributed by atoms with Crippen LogP contribution in [0, 0.1) is 0 Å². The lowest BCUT2D eigenvalue weighted by molar-refractivity contribution is -0.136. The van der Waals surface area contributed by atoms with Crippen molar-refractivity contribution in [3.8, 4) is 5.75 Å². The van der Waals surface area contributed by atoms with Crippen LogP contribution in [0.15, 0.2) is 59.8 Å². The van der Waals surface area contributed by atoms with E-state index in [-0.39, 0.29) is 23.0 Å². The fourth-order valence-electron chi connectivity index (χ4n) is 3.37. The largest absolute Gasteiger partial charge is 0.494 e. The molecular formula is C21H18ClN5O4. The number of aromatic nitrogens is 4. The highest BCUT2D eigenvalue weighted by Crippen LogP contribution is 2.37. The number of hydrogen-bond acceptors (Lipinski definition) is 8. The number of allylic oxidation sites excluding steroid dienone is 1. The number of ether oxygens (including phenoxy) is 2. The molecule has 0 fully saturated rings. The first-order chi connectivity index (χ1) is 15.0. The zero-order valence-corrected chi connectivity index (χ0v) is 17.5. The Kier molecular flexibility index (Phi) is 5.68. The smallest absolute Gasteiger partial charge is 0.355 e. The number of benzene rings is 2. The number of methoxy groups -OCH3 is 1. The van der Waals surface area contributed by atoms with Crippen molar-refractivity contribution in [3.05, 3.63) is 76.0 Å². The van der Waals surface area contributed by atoms with E-state index in [1.807, 2.05) is 6.92 Å². The number of esters is 1. The monoisotopic (exact) mass is 439 g/mol. The number of carbonyl (C=O) groups is 2. The van der Waals surface area contributed by atoms with Gasteiger partial charge in [-0.3, -0.25) is 4.79 Å². The minimum absolute atomic E-state index is 0.0244. The third-order valence-electron chi connectivity index (χ3n) is 4.76. The van der Waals surface area contributed by atoms with Crippen molar-refractivity contribution in [2.24, 2.45) is 0 Å². The van der Waals surface area contributed by atoms with Crippen molar-refractivity contribution in [1.29, 1.82) is 0 Å². The summed E-state index contributed by atoms with van der Waals surface area (Å²) in [6.45, 7) is 2.39. The molecule has 0 spiro atoms. The van der Waals surface area contributed by atoms with Gasteiger partial charge in [0, 0.05) is 10.6 Å². The number of rotatable bonds is 6. The van der Waals surface area contributed by atoms with Gasteiger partial charge in [-0.05, 0) is 59.3 Å². The lowest BCUT2D eigenvalue weighted by atomic mass is 9.89. The van der Waals surface area contributed by atoms with Crippen LogP contribution in [-0.4, -0.2) is 45.7 Å². The van der Waals surface area contributed by atoms with Crippen molar-refractivity contribution in [1.82, 2.24) is 20.2 Å². The summed E-state index contributed by atoms with van der Waals surface area (Å²) in [4.78, 5) is 26.2. The van der Waals surface area contributed by atoms with Gasteiger partial charge in [-0.2, -0.15) is 4.68 Å². The Labute approximate surface area is 182 Å². The molecule has 2 heterocycles. The molecule has 1 aliphatic heterocycles. The van der Waals surface area contributed by atoms with Gasteiger partial charge < -0.3 is 14.8 Å². The highest BCUT2D eigenvalue weighted by molar-refractivity contribution is 6.30. The van der Waals surface area contributed by atoms with E-state index in [0.717, 1.165) is 0 Å². The first kappa shape index (κ1) is 20.5. The van der Waals surface area contributed by atoms with E-state index in [9.17, 15) is 9.59 Å². The second-order valence-corrected chi connectivity index (χ2v) is 7.03. The van der Waals surface area contributed by atoms with E-state index in [1.54, 1.807) is 48.5 Å². The van der Waals surface area contributed by atoms with Crippen LogP contribution in [-0.2, 0) is 9.53 Å². The van der Waals surface area contributed by atoms with Crippen LogP contribution in [0.1, 0.15) is 28.9 Å². The molecule has 9 nitrogen and oxygen atoms in total. The molecule has 0 aliphatic carbocycles. The van der Waals surface area contributed by atoms with Gasteiger partial charge in [-0.1, -0.05) is 28.8 Å². The molecule has 0 amide bonds. The summed E-state index contributed by atoms with van der Waals surface area (Å²) in [6.07, 6.45) is 0. The van der Waals surface area contributed by atoms with E-state index in [0.29, 0.717) is 28.5 Å². The quantitative estimate of drug-likeness (QED) is 0.461. The van der Waals surface area contributed by atoms with Crippen molar-refractivity contribution in [2.75, 3.05) is 19.0 Å². The van der Waals surface area contributed by atoms with Crippen LogP contribution in [0.4, 0.5) is 5.95 Å². The third kappa shape index (κ3) is 3.87. The molecular weight excluding hydrogens is 422 g/mol. The maximum Gasteiger partial charge on any atom is 0.355 e.